The number of benzene rings is 1. The summed E-state index contributed by atoms with van der Waals surface area (Å²) in [5, 5.41) is 13.7. The van der Waals surface area contributed by atoms with Crippen molar-refractivity contribution in [3.63, 3.8) is 0 Å². The number of carbonyl (C=O) groups is 1. The van der Waals surface area contributed by atoms with Crippen molar-refractivity contribution in [3.8, 4) is 11.6 Å². The second-order valence-corrected chi connectivity index (χ2v) is 7.89. The van der Waals surface area contributed by atoms with E-state index >= 15 is 0 Å². The minimum Gasteiger partial charge on any atom is -0.493 e. The van der Waals surface area contributed by atoms with Crippen LogP contribution in [0.25, 0.3) is 5.69 Å². The van der Waals surface area contributed by atoms with Crippen LogP contribution in [0.4, 0.5) is 0 Å². The van der Waals surface area contributed by atoms with E-state index in [9.17, 15) is 31.3 Å². The van der Waals surface area contributed by atoms with Gasteiger partial charge < -0.3 is 10.0 Å². The zero-order valence-corrected chi connectivity index (χ0v) is 14.5. The highest BCUT2D eigenvalue weighted by Gasteiger charge is 2.24. The highest BCUT2D eigenvalue weighted by atomic mass is 32.2. The maximum atomic E-state index is 11.9. The average molecular weight is 391 g/mol. The number of aromatic hydroxyl groups is 1. The van der Waals surface area contributed by atoms with Crippen molar-refractivity contribution in [3.05, 3.63) is 30.0 Å². The number of carbonyl (C=O) groups excluding carboxylic acids is 1. The van der Waals surface area contributed by atoms with Crippen LogP contribution < -0.4 is 0 Å². The maximum absolute atomic E-state index is 11.9. The van der Waals surface area contributed by atoms with Gasteiger partial charge in [0, 0.05) is 20.2 Å². The Balaban J connectivity index is 2.79. The third-order valence-electron chi connectivity index (χ3n) is 3.05. The third-order valence-corrected chi connectivity index (χ3v) is 4.80. The molecule has 0 unspecified atom stereocenters. The van der Waals surface area contributed by atoms with Gasteiger partial charge in [0.05, 0.1) is 10.6 Å². The lowest BCUT2D eigenvalue weighted by molar-refractivity contribution is 0.0821. The quantitative estimate of drug-likeness (QED) is 0.596. The van der Waals surface area contributed by atoms with Gasteiger partial charge in [0.1, 0.15) is 4.90 Å². The van der Waals surface area contributed by atoms with E-state index in [1.807, 2.05) is 0 Å². The van der Waals surface area contributed by atoms with Gasteiger partial charge in [-0.15, -0.1) is 0 Å². The van der Waals surface area contributed by atoms with Crippen molar-refractivity contribution in [2.75, 3.05) is 14.1 Å². The molecule has 11 nitrogen and oxygen atoms in total. The molecule has 1 aromatic heterocycles. The Bertz CT molecular complexity index is 1050. The zero-order chi connectivity index (χ0) is 19.2. The van der Waals surface area contributed by atoms with E-state index in [0.717, 1.165) is 17.0 Å². The van der Waals surface area contributed by atoms with Gasteiger partial charge >= 0.3 is 0 Å². The standard InChI is InChI=1S/C12H13N3O8S2/c1-14(2)12(17)8-6-11(16)15(13-8)9-5-7(24(18,19)20)3-4-10(9)25(21,22)23/h3-6,16H,1-2H3,(H,18,19,20)(H,21,22,23). The summed E-state index contributed by atoms with van der Waals surface area (Å²) in [4.78, 5) is 11.5. The Kier molecular flexibility index (Phi) is 4.61. The van der Waals surface area contributed by atoms with Crippen LogP contribution in [0.2, 0.25) is 0 Å². The molecule has 0 saturated heterocycles. The second kappa shape index (κ2) is 6.11. The highest BCUT2D eigenvalue weighted by Crippen LogP contribution is 2.27. The minimum absolute atomic E-state index is 0.263. The molecule has 0 radical (unpaired) electrons. The smallest absolute Gasteiger partial charge is 0.296 e. The van der Waals surface area contributed by atoms with Crippen LogP contribution in [0, 0.1) is 0 Å². The molecule has 2 aromatic rings. The van der Waals surface area contributed by atoms with Gasteiger partial charge in [-0.25, -0.2) is 0 Å². The second-order valence-electron chi connectivity index (χ2n) is 5.08. The molecule has 2 rings (SSSR count). The van der Waals surface area contributed by atoms with E-state index in [1.165, 1.54) is 14.1 Å². The molecule has 136 valence electrons. The molecule has 0 fully saturated rings. The Morgan fingerprint density at radius 2 is 1.68 bits per heavy atom. The highest BCUT2D eigenvalue weighted by molar-refractivity contribution is 7.86. The van der Waals surface area contributed by atoms with Crippen molar-refractivity contribution >= 4 is 26.1 Å². The molecule has 3 N–H and O–H groups in total. The Morgan fingerprint density at radius 1 is 1.08 bits per heavy atom. The van der Waals surface area contributed by atoms with E-state index in [1.54, 1.807) is 0 Å². The van der Waals surface area contributed by atoms with Crippen LogP contribution in [0.15, 0.2) is 34.1 Å². The molecule has 1 amide bonds. The Hall–Kier alpha value is -2.48. The van der Waals surface area contributed by atoms with Crippen molar-refractivity contribution in [2.24, 2.45) is 0 Å². The predicted molar refractivity (Wildman–Crippen MR) is 82.9 cm³/mol. The van der Waals surface area contributed by atoms with Crippen LogP contribution >= 0.6 is 0 Å². The summed E-state index contributed by atoms with van der Waals surface area (Å²) in [7, 11) is -6.70. The molecule has 25 heavy (non-hydrogen) atoms. The molecule has 1 aromatic carbocycles. The number of nitrogens with zero attached hydrogens (tertiary/aromatic N) is 3. The fourth-order valence-electron chi connectivity index (χ4n) is 1.92. The van der Waals surface area contributed by atoms with Gasteiger partial charge in [-0.1, -0.05) is 0 Å². The normalized spacial score (nSPS) is 12.2. The maximum Gasteiger partial charge on any atom is 0.296 e. The fraction of sp³-hybridized carbons (Fsp3) is 0.167. The van der Waals surface area contributed by atoms with Crippen LogP contribution in [0.1, 0.15) is 10.5 Å². The molecular formula is C12H13N3O8S2. The van der Waals surface area contributed by atoms with Gasteiger partial charge in [0.25, 0.3) is 26.1 Å². The van der Waals surface area contributed by atoms with E-state index in [2.05, 4.69) is 5.10 Å². The molecule has 0 aliphatic carbocycles. The van der Waals surface area contributed by atoms with Crippen molar-refractivity contribution in [1.82, 2.24) is 14.7 Å². The number of hydrogen-bond donors (Lipinski definition) is 3. The molecule has 13 heteroatoms. The molecule has 1 heterocycles. The summed E-state index contributed by atoms with van der Waals surface area (Å²) in [5.74, 6) is -1.31. The van der Waals surface area contributed by atoms with Gasteiger partial charge in [0.15, 0.2) is 5.69 Å². The van der Waals surface area contributed by atoms with Crippen molar-refractivity contribution in [2.45, 2.75) is 9.79 Å². The molecule has 0 aliphatic heterocycles. The lowest BCUT2D eigenvalue weighted by Crippen LogP contribution is -2.22. The Labute approximate surface area is 142 Å². The molecule has 0 spiro atoms. The van der Waals surface area contributed by atoms with Crippen LogP contribution in [0.3, 0.4) is 0 Å². The fourth-order valence-corrected chi connectivity index (χ4v) is 3.07. The first-order chi connectivity index (χ1) is 11.3. The topological polar surface area (TPSA) is 167 Å². The number of rotatable bonds is 4. The summed E-state index contributed by atoms with van der Waals surface area (Å²) in [6, 6.07) is 3.06. The lowest BCUT2D eigenvalue weighted by atomic mass is 10.3. The lowest BCUT2D eigenvalue weighted by Gasteiger charge is -2.10. The van der Waals surface area contributed by atoms with Crippen molar-refractivity contribution in [1.29, 1.82) is 0 Å². The monoisotopic (exact) mass is 391 g/mol. The zero-order valence-electron chi connectivity index (χ0n) is 12.9. The van der Waals surface area contributed by atoms with Gasteiger partial charge in [0.2, 0.25) is 5.88 Å². The van der Waals surface area contributed by atoms with Crippen molar-refractivity contribution < 1.29 is 35.8 Å². The van der Waals surface area contributed by atoms with Crippen LogP contribution in [0.5, 0.6) is 5.88 Å². The number of amides is 1. The van der Waals surface area contributed by atoms with E-state index in [4.69, 9.17) is 4.55 Å². The number of aromatic nitrogens is 2. The van der Waals surface area contributed by atoms with Gasteiger partial charge in [-0.05, 0) is 18.2 Å². The molecular weight excluding hydrogens is 378 g/mol. The van der Waals surface area contributed by atoms with Gasteiger partial charge in [-0.3, -0.25) is 13.9 Å². The van der Waals surface area contributed by atoms with Crippen LogP contribution in [-0.4, -0.2) is 65.7 Å². The molecule has 0 saturated carbocycles. The Morgan fingerprint density at radius 3 is 2.16 bits per heavy atom. The van der Waals surface area contributed by atoms with E-state index < -0.39 is 47.5 Å². The SMILES string of the molecule is CN(C)C(=O)c1cc(O)n(-c2cc(S(=O)(=O)O)ccc2S(=O)(=O)O)n1. The summed E-state index contributed by atoms with van der Waals surface area (Å²) in [6.07, 6.45) is 0. The van der Waals surface area contributed by atoms with E-state index in [-0.39, 0.29) is 5.69 Å². The summed E-state index contributed by atoms with van der Waals surface area (Å²) in [6.45, 7) is 0. The first kappa shape index (κ1) is 18.9. The molecule has 0 aliphatic rings. The van der Waals surface area contributed by atoms with E-state index in [0.29, 0.717) is 16.8 Å². The number of hydrogen-bond acceptors (Lipinski definition) is 7. The third kappa shape index (κ3) is 3.79. The summed E-state index contributed by atoms with van der Waals surface area (Å²) >= 11 is 0. The minimum atomic E-state index is -4.83. The largest absolute Gasteiger partial charge is 0.493 e. The molecule has 0 atom stereocenters. The molecule has 0 bridgehead atoms. The first-order valence-electron chi connectivity index (χ1n) is 6.42. The average Bonchev–Trinajstić information content (AvgIpc) is 2.85. The van der Waals surface area contributed by atoms with Gasteiger partial charge in [-0.2, -0.15) is 26.6 Å². The predicted octanol–water partition coefficient (Wildman–Crippen LogP) is -0.227. The summed E-state index contributed by atoms with van der Waals surface area (Å²) in [5.41, 5.74) is -0.839. The van der Waals surface area contributed by atoms with Crippen LogP contribution in [-0.2, 0) is 20.2 Å². The summed E-state index contributed by atoms with van der Waals surface area (Å²) < 4.78 is 64.4. The first-order valence-corrected chi connectivity index (χ1v) is 9.30.